The monoisotopic (exact) mass is 180 g/mol. The van der Waals surface area contributed by atoms with Gasteiger partial charge < -0.3 is 5.73 Å². The van der Waals surface area contributed by atoms with Gasteiger partial charge in [0.25, 0.3) is 5.91 Å². The standard InChI is InChI=1S/C4H3F3N4O/c5-4(6,7)2-1(3(8)12)9-11-10-2/h(H2,8,12)(H,9,10,11). The third kappa shape index (κ3) is 1.36. The maximum atomic E-state index is 11.9. The van der Waals surface area contributed by atoms with Crippen LogP contribution in [-0.2, 0) is 6.18 Å². The van der Waals surface area contributed by atoms with Gasteiger partial charge in [0.2, 0.25) is 0 Å². The molecule has 3 N–H and O–H groups in total. The second-order valence-electron chi connectivity index (χ2n) is 1.90. The maximum absolute atomic E-state index is 11.9. The van der Waals surface area contributed by atoms with E-state index in [-0.39, 0.29) is 0 Å². The molecular weight excluding hydrogens is 177 g/mol. The molecule has 0 unspecified atom stereocenters. The predicted octanol–water partition coefficient (Wildman–Crippen LogP) is -0.0776. The number of amides is 1. The van der Waals surface area contributed by atoms with Gasteiger partial charge in [-0.1, -0.05) is 5.21 Å². The molecule has 66 valence electrons. The first kappa shape index (κ1) is 8.50. The van der Waals surface area contributed by atoms with Crippen molar-refractivity contribution in [3.05, 3.63) is 11.4 Å². The van der Waals surface area contributed by atoms with Gasteiger partial charge in [-0.2, -0.15) is 13.2 Å². The van der Waals surface area contributed by atoms with Crippen molar-refractivity contribution in [2.75, 3.05) is 0 Å². The minimum Gasteiger partial charge on any atom is -0.364 e. The van der Waals surface area contributed by atoms with E-state index >= 15 is 0 Å². The van der Waals surface area contributed by atoms with Crippen LogP contribution in [0.5, 0.6) is 0 Å². The number of nitrogens with zero attached hydrogens (tertiary/aromatic N) is 2. The Morgan fingerprint density at radius 3 is 2.42 bits per heavy atom. The summed E-state index contributed by atoms with van der Waals surface area (Å²) in [6.07, 6.45) is -4.69. The Bertz CT molecular complexity index is 303. The lowest BCUT2D eigenvalue weighted by molar-refractivity contribution is -0.141. The summed E-state index contributed by atoms with van der Waals surface area (Å²) < 4.78 is 35.8. The molecule has 0 aliphatic heterocycles. The lowest BCUT2D eigenvalue weighted by Gasteiger charge is -2.01. The SMILES string of the molecule is NC(=O)c1nn[nH]c1C(F)(F)F. The topological polar surface area (TPSA) is 84.7 Å². The molecule has 0 atom stereocenters. The number of aromatic amines is 1. The Morgan fingerprint density at radius 2 is 2.08 bits per heavy atom. The maximum Gasteiger partial charge on any atom is 0.435 e. The fraction of sp³-hybridized carbons (Fsp3) is 0.250. The van der Waals surface area contributed by atoms with Crippen molar-refractivity contribution in [3.63, 3.8) is 0 Å². The zero-order valence-electron chi connectivity index (χ0n) is 5.51. The van der Waals surface area contributed by atoms with E-state index in [1.54, 1.807) is 5.10 Å². The van der Waals surface area contributed by atoms with E-state index in [4.69, 9.17) is 0 Å². The number of aromatic nitrogens is 3. The van der Waals surface area contributed by atoms with E-state index in [1.165, 1.54) is 0 Å². The van der Waals surface area contributed by atoms with Gasteiger partial charge in [-0.15, -0.1) is 5.10 Å². The highest BCUT2D eigenvalue weighted by molar-refractivity contribution is 5.91. The highest BCUT2D eigenvalue weighted by Gasteiger charge is 2.38. The fourth-order valence-electron chi connectivity index (χ4n) is 0.598. The molecule has 0 aliphatic rings. The van der Waals surface area contributed by atoms with Gasteiger partial charge in [-0.05, 0) is 0 Å². The summed E-state index contributed by atoms with van der Waals surface area (Å²) in [5, 5.41) is 7.24. The molecule has 0 aliphatic carbocycles. The zero-order chi connectivity index (χ0) is 9.35. The Kier molecular flexibility index (Phi) is 1.75. The highest BCUT2D eigenvalue weighted by atomic mass is 19.4. The zero-order valence-corrected chi connectivity index (χ0v) is 5.51. The number of hydrogen-bond acceptors (Lipinski definition) is 3. The first-order valence-electron chi connectivity index (χ1n) is 2.71. The molecule has 0 saturated carbocycles. The minimum atomic E-state index is -4.69. The third-order valence-corrected chi connectivity index (χ3v) is 1.07. The van der Waals surface area contributed by atoms with Gasteiger partial charge in [-0.3, -0.25) is 9.89 Å². The number of carbonyl (C=O) groups excluding carboxylic acids is 1. The summed E-state index contributed by atoms with van der Waals surface area (Å²) in [7, 11) is 0. The van der Waals surface area contributed by atoms with Gasteiger partial charge in [0.05, 0.1) is 0 Å². The molecule has 0 aromatic carbocycles. The van der Waals surface area contributed by atoms with Crippen molar-refractivity contribution in [1.29, 1.82) is 0 Å². The molecule has 1 amide bonds. The van der Waals surface area contributed by atoms with Crippen LogP contribution in [0.25, 0.3) is 0 Å². The number of nitrogens with one attached hydrogen (secondary N) is 1. The number of H-pyrrole nitrogens is 1. The van der Waals surface area contributed by atoms with Crippen LogP contribution in [0.1, 0.15) is 16.2 Å². The molecule has 12 heavy (non-hydrogen) atoms. The molecule has 0 spiro atoms. The van der Waals surface area contributed by atoms with E-state index in [2.05, 4.69) is 16.0 Å². The lowest BCUT2D eigenvalue weighted by atomic mass is 10.3. The van der Waals surface area contributed by atoms with Crippen molar-refractivity contribution in [1.82, 2.24) is 15.4 Å². The Labute approximate surface area is 63.7 Å². The number of rotatable bonds is 1. The number of primary amides is 1. The molecule has 0 saturated heterocycles. The largest absolute Gasteiger partial charge is 0.435 e. The van der Waals surface area contributed by atoms with Crippen LogP contribution in [-0.4, -0.2) is 21.3 Å². The molecule has 1 aromatic heterocycles. The van der Waals surface area contributed by atoms with Crippen molar-refractivity contribution in [2.24, 2.45) is 5.73 Å². The van der Waals surface area contributed by atoms with Crippen LogP contribution in [0.4, 0.5) is 13.2 Å². The van der Waals surface area contributed by atoms with E-state index < -0.39 is 23.5 Å². The van der Waals surface area contributed by atoms with Crippen molar-refractivity contribution in [3.8, 4) is 0 Å². The molecule has 0 bridgehead atoms. The first-order valence-corrected chi connectivity index (χ1v) is 2.71. The minimum absolute atomic E-state index is 0.900. The number of alkyl halides is 3. The fourth-order valence-corrected chi connectivity index (χ4v) is 0.598. The third-order valence-electron chi connectivity index (χ3n) is 1.07. The Balaban J connectivity index is 3.17. The molecule has 0 radical (unpaired) electrons. The summed E-state index contributed by atoms with van der Waals surface area (Å²) in [6, 6.07) is 0. The van der Waals surface area contributed by atoms with Crippen LogP contribution in [0, 0.1) is 0 Å². The van der Waals surface area contributed by atoms with E-state index in [0.29, 0.717) is 0 Å². The molecule has 8 heteroatoms. The summed E-state index contributed by atoms with van der Waals surface area (Å²) in [5.74, 6) is -1.27. The highest BCUT2D eigenvalue weighted by Crippen LogP contribution is 2.28. The van der Waals surface area contributed by atoms with Crippen LogP contribution < -0.4 is 5.73 Å². The van der Waals surface area contributed by atoms with Gasteiger partial charge in [0.15, 0.2) is 11.4 Å². The van der Waals surface area contributed by atoms with Crippen molar-refractivity contribution < 1.29 is 18.0 Å². The number of halogens is 3. The molecule has 1 heterocycles. The lowest BCUT2D eigenvalue weighted by Crippen LogP contribution is -2.18. The van der Waals surface area contributed by atoms with Crippen LogP contribution in [0.15, 0.2) is 0 Å². The Hall–Kier alpha value is -1.60. The van der Waals surface area contributed by atoms with E-state index in [1.807, 2.05) is 0 Å². The van der Waals surface area contributed by atoms with Gasteiger partial charge in [-0.25, -0.2) is 0 Å². The van der Waals surface area contributed by atoms with Gasteiger partial charge >= 0.3 is 6.18 Å². The van der Waals surface area contributed by atoms with E-state index in [0.717, 1.165) is 0 Å². The summed E-state index contributed by atoms with van der Waals surface area (Å²) in [4.78, 5) is 10.3. The van der Waals surface area contributed by atoms with Gasteiger partial charge in [0.1, 0.15) is 0 Å². The summed E-state index contributed by atoms with van der Waals surface area (Å²) in [6.45, 7) is 0. The second kappa shape index (κ2) is 2.47. The Morgan fingerprint density at radius 1 is 1.50 bits per heavy atom. The number of nitrogens with two attached hydrogens (primary N) is 1. The molecule has 5 nitrogen and oxygen atoms in total. The number of carbonyl (C=O) groups is 1. The normalized spacial score (nSPS) is 11.6. The summed E-state index contributed by atoms with van der Waals surface area (Å²) in [5.41, 5.74) is 2.37. The van der Waals surface area contributed by atoms with Crippen LogP contribution >= 0.6 is 0 Å². The smallest absolute Gasteiger partial charge is 0.364 e. The van der Waals surface area contributed by atoms with E-state index in [9.17, 15) is 18.0 Å². The molecule has 0 fully saturated rings. The van der Waals surface area contributed by atoms with Crippen molar-refractivity contribution >= 4 is 5.91 Å². The average Bonchev–Trinajstić information content (AvgIpc) is 2.30. The second-order valence-corrected chi connectivity index (χ2v) is 1.90. The quantitative estimate of drug-likeness (QED) is 0.633. The summed E-state index contributed by atoms with van der Waals surface area (Å²) >= 11 is 0. The molecule has 1 rings (SSSR count). The molecule has 1 aromatic rings. The van der Waals surface area contributed by atoms with Gasteiger partial charge in [0, 0.05) is 0 Å². The first-order chi connectivity index (χ1) is 5.43. The average molecular weight is 180 g/mol. The molecular formula is C4H3F3N4O. The number of hydrogen-bond donors (Lipinski definition) is 2. The van der Waals surface area contributed by atoms with Crippen LogP contribution in [0.3, 0.4) is 0 Å². The van der Waals surface area contributed by atoms with Crippen molar-refractivity contribution in [2.45, 2.75) is 6.18 Å². The predicted molar refractivity (Wildman–Crippen MR) is 29.9 cm³/mol. The van der Waals surface area contributed by atoms with Crippen LogP contribution in [0.2, 0.25) is 0 Å².